The van der Waals surface area contributed by atoms with Crippen molar-refractivity contribution in [2.24, 2.45) is 5.10 Å². The van der Waals surface area contributed by atoms with E-state index in [1.807, 2.05) is 0 Å². The molecule has 0 saturated heterocycles. The molecule has 2 aromatic rings. The van der Waals surface area contributed by atoms with E-state index in [9.17, 15) is 4.39 Å². The van der Waals surface area contributed by atoms with Crippen LogP contribution >= 0.6 is 27.3 Å². The average Bonchev–Trinajstić information content (AvgIpc) is 2.80. The normalized spacial score (nSPS) is 10.9. The summed E-state index contributed by atoms with van der Waals surface area (Å²) in [6.45, 7) is 0. The van der Waals surface area contributed by atoms with Gasteiger partial charge in [-0.1, -0.05) is 0 Å². The van der Waals surface area contributed by atoms with Crippen LogP contribution in [0.1, 0.15) is 5.56 Å². The number of hydrogen-bond acceptors (Lipinski definition) is 6. The first kappa shape index (κ1) is 13.8. The van der Waals surface area contributed by atoms with Gasteiger partial charge in [0.15, 0.2) is 11.6 Å². The highest BCUT2D eigenvalue weighted by molar-refractivity contribution is 9.10. The molecule has 0 spiro atoms. The molecule has 0 fully saturated rings. The fourth-order valence-corrected chi connectivity index (χ4v) is 2.21. The minimum Gasteiger partial charge on any atom is -0.493 e. The quantitative estimate of drug-likeness (QED) is 0.660. The summed E-state index contributed by atoms with van der Waals surface area (Å²) < 4.78 is 19.1. The number of hydrogen-bond donors (Lipinski definition) is 2. The Kier molecular flexibility index (Phi) is 4.33. The standard InChI is InChI=1S/C11H10BrFN4OS/c1-18-10-6(2-3-7(12)9(10)13)4-15-17-11-16-8(14)5-19-11/h2-5H,14H2,1H3,(H,16,17). The zero-order valence-electron chi connectivity index (χ0n) is 9.85. The molecule has 0 saturated carbocycles. The molecule has 0 amide bonds. The fraction of sp³-hybridized carbons (Fsp3) is 0.0909. The van der Waals surface area contributed by atoms with Crippen LogP contribution in [0, 0.1) is 5.82 Å². The Balaban J connectivity index is 2.17. The van der Waals surface area contributed by atoms with Gasteiger partial charge in [-0.05, 0) is 28.1 Å². The monoisotopic (exact) mass is 344 g/mol. The molecule has 0 aliphatic heterocycles. The molecule has 2 rings (SSSR count). The lowest BCUT2D eigenvalue weighted by molar-refractivity contribution is 0.384. The van der Waals surface area contributed by atoms with E-state index >= 15 is 0 Å². The number of nitrogens with zero attached hydrogens (tertiary/aromatic N) is 2. The minimum atomic E-state index is -0.468. The van der Waals surface area contributed by atoms with Crippen molar-refractivity contribution in [3.8, 4) is 5.75 Å². The van der Waals surface area contributed by atoms with Crippen LogP contribution in [-0.2, 0) is 0 Å². The number of aromatic nitrogens is 1. The fourth-order valence-electron chi connectivity index (χ4n) is 1.35. The van der Waals surface area contributed by atoms with E-state index in [0.717, 1.165) is 0 Å². The van der Waals surface area contributed by atoms with Crippen molar-refractivity contribution < 1.29 is 9.13 Å². The van der Waals surface area contributed by atoms with E-state index in [2.05, 4.69) is 31.4 Å². The van der Waals surface area contributed by atoms with Gasteiger partial charge in [0, 0.05) is 10.9 Å². The summed E-state index contributed by atoms with van der Waals surface area (Å²) >= 11 is 4.42. The van der Waals surface area contributed by atoms with E-state index in [4.69, 9.17) is 10.5 Å². The van der Waals surface area contributed by atoms with E-state index in [1.54, 1.807) is 17.5 Å². The number of nitrogens with two attached hydrogens (primary N) is 1. The Bertz CT molecular complexity index is 617. The number of nitrogens with one attached hydrogen (secondary N) is 1. The molecule has 0 aliphatic rings. The lowest BCUT2D eigenvalue weighted by atomic mass is 10.2. The summed E-state index contributed by atoms with van der Waals surface area (Å²) in [6.07, 6.45) is 1.45. The highest BCUT2D eigenvalue weighted by Gasteiger charge is 2.11. The van der Waals surface area contributed by atoms with Crippen molar-refractivity contribution in [2.75, 3.05) is 18.3 Å². The average molecular weight is 345 g/mol. The summed E-state index contributed by atoms with van der Waals surface area (Å²) in [4.78, 5) is 3.97. The molecule has 0 atom stereocenters. The summed E-state index contributed by atoms with van der Waals surface area (Å²) in [5, 5.41) is 6.21. The van der Waals surface area contributed by atoms with Crippen molar-refractivity contribution in [2.45, 2.75) is 0 Å². The van der Waals surface area contributed by atoms with Crippen LogP contribution in [-0.4, -0.2) is 18.3 Å². The number of benzene rings is 1. The van der Waals surface area contributed by atoms with Gasteiger partial charge < -0.3 is 10.5 Å². The Hall–Kier alpha value is -1.67. The SMILES string of the molecule is COc1c(C=NNc2nc(N)cs2)ccc(Br)c1F. The maximum atomic E-state index is 13.7. The summed E-state index contributed by atoms with van der Waals surface area (Å²) in [7, 11) is 1.40. The molecule has 1 aromatic heterocycles. The lowest BCUT2D eigenvalue weighted by Crippen LogP contribution is -1.97. The zero-order valence-corrected chi connectivity index (χ0v) is 12.3. The first-order valence-corrected chi connectivity index (χ1v) is 6.81. The molecule has 1 aromatic carbocycles. The summed E-state index contributed by atoms with van der Waals surface area (Å²) in [5.41, 5.74) is 8.70. The van der Waals surface area contributed by atoms with Gasteiger partial charge >= 0.3 is 0 Å². The molecular formula is C11H10BrFN4OS. The minimum absolute atomic E-state index is 0.124. The van der Waals surface area contributed by atoms with Crippen molar-refractivity contribution in [1.29, 1.82) is 0 Å². The first-order chi connectivity index (χ1) is 9.11. The predicted octanol–water partition coefficient (Wildman–Crippen LogP) is 3.08. The van der Waals surface area contributed by atoms with Gasteiger partial charge in [0.25, 0.3) is 0 Å². The van der Waals surface area contributed by atoms with Gasteiger partial charge in [-0.3, -0.25) is 5.43 Å². The first-order valence-electron chi connectivity index (χ1n) is 5.14. The predicted molar refractivity (Wildman–Crippen MR) is 78.4 cm³/mol. The molecule has 8 heteroatoms. The Morgan fingerprint density at radius 3 is 3.00 bits per heavy atom. The number of methoxy groups -OCH3 is 1. The molecule has 19 heavy (non-hydrogen) atoms. The molecular weight excluding hydrogens is 335 g/mol. The third kappa shape index (κ3) is 3.21. The van der Waals surface area contributed by atoms with E-state index in [1.165, 1.54) is 24.7 Å². The van der Waals surface area contributed by atoms with Crippen LogP contribution in [0.2, 0.25) is 0 Å². The van der Waals surface area contributed by atoms with Crippen molar-refractivity contribution >= 4 is 44.4 Å². The number of halogens is 2. The highest BCUT2D eigenvalue weighted by atomic mass is 79.9. The second-order valence-corrected chi connectivity index (χ2v) is 5.14. The number of hydrazone groups is 1. The van der Waals surface area contributed by atoms with Gasteiger partial charge in [-0.25, -0.2) is 9.37 Å². The van der Waals surface area contributed by atoms with E-state index in [-0.39, 0.29) is 5.75 Å². The van der Waals surface area contributed by atoms with Crippen molar-refractivity contribution in [3.05, 3.63) is 33.4 Å². The van der Waals surface area contributed by atoms with Crippen LogP contribution in [0.3, 0.4) is 0 Å². The number of rotatable bonds is 4. The number of nitrogen functional groups attached to an aromatic ring is 1. The third-order valence-electron chi connectivity index (χ3n) is 2.17. The summed E-state index contributed by atoms with van der Waals surface area (Å²) in [6, 6.07) is 3.27. The topological polar surface area (TPSA) is 72.5 Å². The molecule has 5 nitrogen and oxygen atoms in total. The van der Waals surface area contributed by atoms with Crippen LogP contribution in [0.25, 0.3) is 0 Å². The van der Waals surface area contributed by atoms with Crippen LogP contribution in [0.5, 0.6) is 5.75 Å². The largest absolute Gasteiger partial charge is 0.493 e. The number of thiazole rings is 1. The molecule has 0 bridgehead atoms. The molecule has 3 N–H and O–H groups in total. The Morgan fingerprint density at radius 1 is 1.58 bits per heavy atom. The van der Waals surface area contributed by atoms with Crippen LogP contribution < -0.4 is 15.9 Å². The van der Waals surface area contributed by atoms with Gasteiger partial charge in [0.05, 0.1) is 17.8 Å². The van der Waals surface area contributed by atoms with Crippen LogP contribution in [0.15, 0.2) is 27.1 Å². The molecule has 0 aliphatic carbocycles. The zero-order chi connectivity index (χ0) is 13.8. The molecule has 0 radical (unpaired) electrons. The lowest BCUT2D eigenvalue weighted by Gasteiger charge is -2.06. The van der Waals surface area contributed by atoms with Gasteiger partial charge in [0.1, 0.15) is 5.82 Å². The second-order valence-electron chi connectivity index (χ2n) is 3.43. The Morgan fingerprint density at radius 2 is 2.37 bits per heavy atom. The van der Waals surface area contributed by atoms with E-state index < -0.39 is 5.82 Å². The highest BCUT2D eigenvalue weighted by Crippen LogP contribution is 2.27. The second kappa shape index (κ2) is 5.98. The van der Waals surface area contributed by atoms with Gasteiger partial charge in [-0.15, -0.1) is 11.3 Å². The smallest absolute Gasteiger partial charge is 0.205 e. The third-order valence-corrected chi connectivity index (χ3v) is 3.55. The molecule has 0 unspecified atom stereocenters. The Labute approximate surface area is 121 Å². The molecule has 100 valence electrons. The van der Waals surface area contributed by atoms with Crippen LogP contribution in [0.4, 0.5) is 15.3 Å². The van der Waals surface area contributed by atoms with Crippen molar-refractivity contribution in [3.63, 3.8) is 0 Å². The maximum Gasteiger partial charge on any atom is 0.205 e. The number of anilines is 2. The van der Waals surface area contributed by atoms with Gasteiger partial charge in [0.2, 0.25) is 5.13 Å². The van der Waals surface area contributed by atoms with Gasteiger partial charge in [-0.2, -0.15) is 5.10 Å². The van der Waals surface area contributed by atoms with Crippen molar-refractivity contribution in [1.82, 2.24) is 4.98 Å². The number of ether oxygens (including phenoxy) is 1. The summed E-state index contributed by atoms with van der Waals surface area (Å²) in [5.74, 6) is 0.0819. The maximum absolute atomic E-state index is 13.7. The van der Waals surface area contributed by atoms with E-state index in [0.29, 0.717) is 21.0 Å². The molecule has 1 heterocycles.